The summed E-state index contributed by atoms with van der Waals surface area (Å²) in [5, 5.41) is 4.29. The number of aromatic nitrogens is 2. The van der Waals surface area contributed by atoms with Crippen molar-refractivity contribution in [1.82, 2.24) is 9.78 Å². The van der Waals surface area contributed by atoms with Crippen LogP contribution in [0.25, 0.3) is 0 Å². The summed E-state index contributed by atoms with van der Waals surface area (Å²) in [4.78, 5) is 0. The monoisotopic (exact) mass is 294 g/mol. The molecule has 1 aromatic rings. The second-order valence-corrected chi connectivity index (χ2v) is 6.82. The highest BCUT2D eigenvalue weighted by atomic mass is 16.8. The molecule has 0 spiro atoms. The zero-order chi connectivity index (χ0) is 15.7. The van der Waals surface area contributed by atoms with Crippen LogP contribution in [0, 0.1) is 0 Å². The molecule has 118 valence electrons. The second-order valence-electron chi connectivity index (χ2n) is 6.82. The standard InChI is InChI=1S/C15H27BN2O3/c1-12(2)19-16-20-14(4,5)15(6,21-16)9-8-13(3)18-11-7-10-17-18/h7,10-13H,8-9H2,1-6H3. The van der Waals surface area contributed by atoms with Crippen molar-refractivity contribution in [3.05, 3.63) is 18.5 Å². The number of hydrogen-bond acceptors (Lipinski definition) is 4. The van der Waals surface area contributed by atoms with Crippen molar-refractivity contribution in [2.24, 2.45) is 0 Å². The third-order valence-electron chi connectivity index (χ3n) is 4.42. The molecule has 0 N–H and O–H groups in total. The van der Waals surface area contributed by atoms with E-state index in [0.717, 1.165) is 12.8 Å². The lowest BCUT2D eigenvalue weighted by atomic mass is 9.83. The molecule has 0 aliphatic carbocycles. The van der Waals surface area contributed by atoms with Crippen molar-refractivity contribution in [2.75, 3.05) is 0 Å². The van der Waals surface area contributed by atoms with E-state index >= 15 is 0 Å². The second kappa shape index (κ2) is 6.11. The Labute approximate surface area is 128 Å². The molecule has 0 radical (unpaired) electrons. The van der Waals surface area contributed by atoms with Gasteiger partial charge in [0.2, 0.25) is 0 Å². The van der Waals surface area contributed by atoms with Crippen molar-refractivity contribution in [1.29, 1.82) is 0 Å². The molecule has 1 aliphatic heterocycles. The summed E-state index contributed by atoms with van der Waals surface area (Å²) >= 11 is 0. The molecule has 0 amide bonds. The molecule has 2 rings (SSSR count). The van der Waals surface area contributed by atoms with Crippen LogP contribution in [-0.2, 0) is 14.0 Å². The van der Waals surface area contributed by atoms with E-state index in [1.54, 1.807) is 0 Å². The first-order valence-electron chi connectivity index (χ1n) is 7.74. The quantitative estimate of drug-likeness (QED) is 0.756. The van der Waals surface area contributed by atoms with Gasteiger partial charge in [0.25, 0.3) is 0 Å². The highest BCUT2D eigenvalue weighted by Crippen LogP contribution is 2.41. The van der Waals surface area contributed by atoms with E-state index in [9.17, 15) is 0 Å². The Morgan fingerprint density at radius 1 is 1.24 bits per heavy atom. The fraction of sp³-hybridized carbons (Fsp3) is 0.800. The molecule has 0 saturated carbocycles. The molecule has 1 fully saturated rings. The highest BCUT2D eigenvalue weighted by Gasteiger charge is 2.55. The van der Waals surface area contributed by atoms with Gasteiger partial charge in [-0.05, 0) is 60.5 Å². The van der Waals surface area contributed by atoms with Crippen LogP contribution in [0.4, 0.5) is 0 Å². The van der Waals surface area contributed by atoms with Crippen LogP contribution in [0.3, 0.4) is 0 Å². The Bertz CT molecular complexity index is 450. The lowest BCUT2D eigenvalue weighted by molar-refractivity contribution is -0.0193. The molecular weight excluding hydrogens is 267 g/mol. The van der Waals surface area contributed by atoms with Gasteiger partial charge in [0.15, 0.2) is 0 Å². The van der Waals surface area contributed by atoms with Crippen LogP contribution in [0.15, 0.2) is 18.5 Å². The topological polar surface area (TPSA) is 45.5 Å². The Kier molecular flexibility index (Phi) is 4.80. The fourth-order valence-electron chi connectivity index (χ4n) is 2.54. The maximum absolute atomic E-state index is 6.07. The van der Waals surface area contributed by atoms with Crippen LogP contribution >= 0.6 is 0 Å². The first-order valence-corrected chi connectivity index (χ1v) is 7.74. The molecular formula is C15H27BN2O3. The number of rotatable bonds is 6. The average Bonchev–Trinajstić information content (AvgIpc) is 2.94. The van der Waals surface area contributed by atoms with Gasteiger partial charge < -0.3 is 14.0 Å². The van der Waals surface area contributed by atoms with E-state index < -0.39 is 7.32 Å². The zero-order valence-electron chi connectivity index (χ0n) is 14.0. The third kappa shape index (κ3) is 3.68. The van der Waals surface area contributed by atoms with Gasteiger partial charge in [-0.1, -0.05) is 0 Å². The molecule has 1 saturated heterocycles. The minimum absolute atomic E-state index is 0.0798. The Morgan fingerprint density at radius 2 is 1.95 bits per heavy atom. The maximum atomic E-state index is 6.07. The van der Waals surface area contributed by atoms with Crippen LogP contribution in [0.1, 0.15) is 60.4 Å². The van der Waals surface area contributed by atoms with Crippen LogP contribution in [-0.4, -0.2) is 34.4 Å². The van der Waals surface area contributed by atoms with Crippen molar-refractivity contribution in [3.8, 4) is 0 Å². The summed E-state index contributed by atoms with van der Waals surface area (Å²) in [6.45, 7) is 12.4. The highest BCUT2D eigenvalue weighted by molar-refractivity contribution is 6.37. The molecule has 1 aromatic heterocycles. The van der Waals surface area contributed by atoms with E-state index in [-0.39, 0.29) is 17.3 Å². The van der Waals surface area contributed by atoms with Gasteiger partial charge in [-0.2, -0.15) is 5.10 Å². The first kappa shape index (κ1) is 16.5. The molecule has 2 unspecified atom stereocenters. The van der Waals surface area contributed by atoms with Gasteiger partial charge in [-0.15, -0.1) is 0 Å². The van der Waals surface area contributed by atoms with Crippen molar-refractivity contribution in [3.63, 3.8) is 0 Å². The number of hydrogen-bond donors (Lipinski definition) is 0. The predicted molar refractivity (Wildman–Crippen MR) is 82.8 cm³/mol. The van der Waals surface area contributed by atoms with Crippen molar-refractivity contribution < 1.29 is 14.0 Å². The predicted octanol–water partition coefficient (Wildman–Crippen LogP) is 3.22. The third-order valence-corrected chi connectivity index (χ3v) is 4.42. The van der Waals surface area contributed by atoms with E-state index in [1.807, 2.05) is 37.0 Å². The molecule has 2 atom stereocenters. The van der Waals surface area contributed by atoms with E-state index in [0.29, 0.717) is 6.04 Å². The lowest BCUT2D eigenvalue weighted by Gasteiger charge is -2.36. The van der Waals surface area contributed by atoms with E-state index in [1.165, 1.54) is 0 Å². The summed E-state index contributed by atoms with van der Waals surface area (Å²) in [5.41, 5.74) is -0.746. The lowest BCUT2D eigenvalue weighted by Crippen LogP contribution is -2.45. The molecule has 2 heterocycles. The van der Waals surface area contributed by atoms with Gasteiger partial charge in [0.1, 0.15) is 0 Å². The molecule has 0 bridgehead atoms. The smallest absolute Gasteiger partial charge is 0.384 e. The fourth-order valence-corrected chi connectivity index (χ4v) is 2.54. The molecule has 1 aliphatic rings. The number of nitrogens with zero attached hydrogens (tertiary/aromatic N) is 2. The minimum Gasteiger partial charge on any atom is -0.384 e. The van der Waals surface area contributed by atoms with E-state index in [4.69, 9.17) is 14.0 Å². The van der Waals surface area contributed by atoms with Crippen LogP contribution in [0.5, 0.6) is 0 Å². The minimum atomic E-state index is -0.579. The molecule has 21 heavy (non-hydrogen) atoms. The maximum Gasteiger partial charge on any atom is 0.640 e. The molecule has 0 aromatic carbocycles. The largest absolute Gasteiger partial charge is 0.640 e. The average molecular weight is 294 g/mol. The Morgan fingerprint density at radius 3 is 2.52 bits per heavy atom. The van der Waals surface area contributed by atoms with Gasteiger partial charge in [0, 0.05) is 24.5 Å². The van der Waals surface area contributed by atoms with Crippen molar-refractivity contribution in [2.45, 2.75) is 77.7 Å². The normalized spacial score (nSPS) is 26.5. The Balaban J connectivity index is 1.97. The SMILES string of the molecule is CC(C)OB1OC(C)(C)C(C)(CCC(C)n2cccn2)O1. The zero-order valence-corrected chi connectivity index (χ0v) is 14.0. The molecule has 6 heteroatoms. The summed E-state index contributed by atoms with van der Waals surface area (Å²) in [6.07, 6.45) is 5.74. The van der Waals surface area contributed by atoms with Crippen LogP contribution < -0.4 is 0 Å². The van der Waals surface area contributed by atoms with E-state index in [2.05, 4.69) is 32.8 Å². The first-order chi connectivity index (χ1) is 9.73. The van der Waals surface area contributed by atoms with Gasteiger partial charge in [0.05, 0.1) is 11.2 Å². The van der Waals surface area contributed by atoms with Crippen LogP contribution in [0.2, 0.25) is 0 Å². The molecule has 5 nitrogen and oxygen atoms in total. The van der Waals surface area contributed by atoms with Gasteiger partial charge in [-0.25, -0.2) is 0 Å². The van der Waals surface area contributed by atoms with Crippen molar-refractivity contribution >= 4 is 7.32 Å². The van der Waals surface area contributed by atoms with Gasteiger partial charge >= 0.3 is 7.32 Å². The summed E-state index contributed by atoms with van der Waals surface area (Å²) < 4.78 is 19.6. The summed E-state index contributed by atoms with van der Waals surface area (Å²) in [5.74, 6) is 0. The Hall–Kier alpha value is -0.845. The van der Waals surface area contributed by atoms with Gasteiger partial charge in [-0.3, -0.25) is 4.68 Å². The summed E-state index contributed by atoms with van der Waals surface area (Å²) in [6, 6.07) is 2.28. The summed E-state index contributed by atoms with van der Waals surface area (Å²) in [7, 11) is -0.579.